The van der Waals surface area contributed by atoms with Crippen LogP contribution in [0.3, 0.4) is 0 Å². The molecule has 0 radical (unpaired) electrons. The Hall–Kier alpha value is -5.57. The van der Waals surface area contributed by atoms with Crippen LogP contribution in [0.4, 0.5) is 0 Å². The van der Waals surface area contributed by atoms with E-state index in [4.69, 9.17) is 37.9 Å². The molecule has 0 aliphatic carbocycles. The first-order valence-electron chi connectivity index (χ1n) is 32.3. The van der Waals surface area contributed by atoms with E-state index in [2.05, 4.69) is 11.1 Å². The fourth-order valence-electron chi connectivity index (χ4n) is 7.21. The van der Waals surface area contributed by atoms with E-state index in [0.29, 0.717) is 27.9 Å². The minimum atomic E-state index is -3.99. The Bertz CT molecular complexity index is 3930. The van der Waals surface area contributed by atoms with Gasteiger partial charge in [-0.3, -0.25) is 9.55 Å². The molecule has 0 spiro atoms. The molecule has 0 aliphatic rings. The Morgan fingerprint density at radius 2 is 1.21 bits per heavy atom. The molecule has 63 heavy (non-hydrogen) atoms. The number of nitrogens with zero attached hydrogens (tertiary/aromatic N) is 3. The van der Waals surface area contributed by atoms with E-state index in [1.807, 2.05) is 90.1 Å². The minimum Gasteiger partial charge on any atom is -0.507 e. The van der Waals surface area contributed by atoms with Crippen LogP contribution in [0.1, 0.15) is 139 Å². The summed E-state index contributed by atoms with van der Waals surface area (Å²) < 4.78 is 217. The second-order valence-electron chi connectivity index (χ2n) is 17.4. The van der Waals surface area contributed by atoms with E-state index in [9.17, 15) is 6.48 Å². The number of rotatable bonds is 6. The Morgan fingerprint density at radius 1 is 0.571 bits per heavy atom. The van der Waals surface area contributed by atoms with Crippen molar-refractivity contribution in [2.45, 2.75) is 104 Å². The van der Waals surface area contributed by atoms with Crippen LogP contribution in [-0.2, 0) is 42.7 Å². The summed E-state index contributed by atoms with van der Waals surface area (Å²) in [6.07, 6.45) is -0.853. The van der Waals surface area contributed by atoms with E-state index in [-0.39, 0.29) is 49.1 Å². The van der Waals surface area contributed by atoms with E-state index in [1.165, 1.54) is 0 Å². The number of hydrogen-bond donors (Lipinski definition) is 1. The van der Waals surface area contributed by atoms with Gasteiger partial charge in [-0.2, -0.15) is 0 Å². The van der Waals surface area contributed by atoms with Crippen LogP contribution in [0, 0.1) is 6.07 Å². The van der Waals surface area contributed by atoms with Crippen LogP contribution in [0.15, 0.2) is 139 Å². The normalized spacial score (nSPS) is 19.4. The molecule has 8 rings (SSSR count). The number of para-hydroxylation sites is 1. The van der Waals surface area contributed by atoms with Crippen LogP contribution in [0.25, 0.3) is 72.7 Å². The van der Waals surface area contributed by atoms with Crippen LogP contribution in [0.2, 0.25) is 0 Å². The second-order valence-corrected chi connectivity index (χ2v) is 17.4. The summed E-state index contributed by atoms with van der Waals surface area (Å²) in [5, 5.41) is 12.0. The summed E-state index contributed by atoms with van der Waals surface area (Å²) in [6, 6.07) is 22.7. The van der Waals surface area contributed by atoms with Gasteiger partial charge in [0.2, 0.25) is 0 Å². The zero-order chi connectivity index (χ0) is 65.4. The van der Waals surface area contributed by atoms with Crippen molar-refractivity contribution >= 4 is 11.0 Å². The third-order valence-corrected chi connectivity index (χ3v) is 10.7. The Kier molecular flexibility index (Phi) is 6.26. The van der Waals surface area contributed by atoms with Gasteiger partial charge in [0.15, 0.2) is 0 Å². The monoisotopic (exact) mass is 1030 g/mol. The smallest absolute Gasteiger partial charge is 0.148 e. The summed E-state index contributed by atoms with van der Waals surface area (Å²) in [5.74, 6) is -0.649. The van der Waals surface area contributed by atoms with Gasteiger partial charge in [0.25, 0.3) is 0 Å². The average molecular weight is 1040 g/mol. The van der Waals surface area contributed by atoms with Crippen molar-refractivity contribution in [1.29, 1.82) is 0 Å². The van der Waals surface area contributed by atoms with Gasteiger partial charge in [-0.1, -0.05) is 179 Å². The zero-order valence-corrected chi connectivity index (χ0v) is 37.6. The molecule has 1 N–H and O–H groups in total. The topological polar surface area (TPSA) is 50.9 Å². The number of phenolic OH excluding ortho intramolecular Hbond substituents is 1. The predicted molar refractivity (Wildman–Crippen MR) is 261 cm³/mol. The molecule has 0 bridgehead atoms. The summed E-state index contributed by atoms with van der Waals surface area (Å²) in [5.41, 5.74) is -8.71. The Morgan fingerprint density at radius 3 is 1.89 bits per heavy atom. The first-order valence-corrected chi connectivity index (χ1v) is 19.8. The van der Waals surface area contributed by atoms with Crippen molar-refractivity contribution in [3.8, 4) is 67.5 Å². The van der Waals surface area contributed by atoms with Gasteiger partial charge in [-0.25, -0.2) is 4.98 Å². The van der Waals surface area contributed by atoms with E-state index in [1.54, 1.807) is 34.9 Å². The molecule has 0 saturated heterocycles. The van der Waals surface area contributed by atoms with Crippen LogP contribution in [-0.4, -0.2) is 19.6 Å². The fraction of sp³-hybridized carbons (Fsp3) is 0.276. The maximum Gasteiger partial charge on any atom is 0.148 e. The molecule has 0 atom stereocenters. The molecule has 5 heteroatoms. The van der Waals surface area contributed by atoms with Gasteiger partial charge in [-0.15, -0.1) is 29.3 Å². The maximum absolute atomic E-state index is 12.0. The number of aromatic nitrogens is 3. The summed E-state index contributed by atoms with van der Waals surface area (Å²) in [7, 11) is 0. The van der Waals surface area contributed by atoms with Crippen LogP contribution in [0.5, 0.6) is 5.75 Å². The fourth-order valence-corrected chi connectivity index (χ4v) is 7.21. The number of aromatic hydroxyl groups is 1. The average Bonchev–Trinajstić information content (AvgIpc) is 0.767. The number of fused-ring (bicyclic) bond motifs is 1. The SMILES string of the molecule is [2H]c1nc(-c2[c-]c(-c3cccc4c3nc(-c3cc(C(C([2H])([2H])[2H])(C([2H])([2H])[2H])C([2H])([2H])[2H])ccc3O)n4-c3ccc(C(C)(C)C)cc3-c3ccccc3)cc(C(C)(C)C)c2)c([2H])c(-c2c([2H])c([2H])c(C(C([2H])([2H])[2H])(C([2H])([2H])[2H])C([2H])([2H])[2H])c([2H])c2[2H])c1[2H].[Pt]. The molecule has 4 nitrogen and oxygen atoms in total. The maximum atomic E-state index is 12.0. The minimum absolute atomic E-state index is 0. The first kappa shape index (κ1) is 23.4. The standard InChI is InChI=1S/C58H60N3O.Pt/c1-55(2,3)42-23-21-37(22-24-42)39-29-30-59-49(34-39)41-31-40(32-45(33-41)58(10,11)12)46-19-16-20-51-53(46)60-54(48-36-44(57(7,8)9)26-28-52(48)62)61(51)50-27-25-43(56(4,5)6)35-47(50)38-17-14-13-15-18-38;/h13-30,32-36,62H,1-12H3;/q-1;/i1D3,2D3,3D3,7D3,8D3,9D3,21D,22D,23D,24D,29D,30D,34D;. The van der Waals surface area contributed by atoms with E-state index >= 15 is 0 Å². The number of phenols is 1. The van der Waals surface area contributed by atoms with Gasteiger partial charge in [-0.05, 0) is 91.4 Å². The number of pyridine rings is 1. The molecule has 0 unspecified atom stereocenters. The molecule has 0 saturated carbocycles. The Labute approximate surface area is 424 Å². The van der Waals surface area contributed by atoms with Crippen molar-refractivity contribution in [2.75, 3.05) is 0 Å². The predicted octanol–water partition coefficient (Wildman–Crippen LogP) is 15.4. The number of hydrogen-bond acceptors (Lipinski definition) is 3. The second kappa shape index (κ2) is 16.9. The summed E-state index contributed by atoms with van der Waals surface area (Å²) in [6.45, 7) is -11.4. The van der Waals surface area contributed by atoms with Crippen LogP contribution >= 0.6 is 0 Å². The molecular formula is C58H60N3OPt-. The molecular weight excluding hydrogens is 950 g/mol. The Balaban J connectivity index is 0.0000110. The van der Waals surface area contributed by atoms with Gasteiger partial charge < -0.3 is 5.11 Å². The van der Waals surface area contributed by atoms with Crippen molar-refractivity contribution in [3.63, 3.8) is 0 Å². The largest absolute Gasteiger partial charge is 0.507 e. The van der Waals surface area contributed by atoms with E-state index < -0.39 is 139 Å². The number of imidazole rings is 1. The zero-order valence-electron chi connectivity index (χ0n) is 60.3. The molecule has 8 aromatic rings. The molecule has 0 amide bonds. The molecule has 324 valence electrons. The third kappa shape index (κ3) is 9.25. The van der Waals surface area contributed by atoms with Crippen molar-refractivity contribution in [3.05, 3.63) is 168 Å². The molecule has 6 aromatic carbocycles. The van der Waals surface area contributed by atoms with Gasteiger partial charge in [0.05, 0.1) is 31.9 Å². The first-order chi connectivity index (χ1) is 39.6. The van der Waals surface area contributed by atoms with Gasteiger partial charge >= 0.3 is 0 Å². The molecule has 0 fully saturated rings. The molecule has 2 aromatic heterocycles. The van der Waals surface area contributed by atoms with E-state index in [0.717, 1.165) is 29.3 Å². The van der Waals surface area contributed by atoms with Crippen LogP contribution < -0.4 is 0 Å². The third-order valence-electron chi connectivity index (χ3n) is 10.7. The quantitative estimate of drug-likeness (QED) is 0.169. The molecule has 2 heterocycles. The van der Waals surface area contributed by atoms with Crippen molar-refractivity contribution in [2.24, 2.45) is 0 Å². The summed E-state index contributed by atoms with van der Waals surface area (Å²) in [4.78, 5) is 9.49. The number of benzene rings is 6. The summed E-state index contributed by atoms with van der Waals surface area (Å²) >= 11 is 0. The van der Waals surface area contributed by atoms with Gasteiger partial charge in [0.1, 0.15) is 11.6 Å². The van der Waals surface area contributed by atoms with Gasteiger partial charge in [0, 0.05) is 63.2 Å². The van der Waals surface area contributed by atoms with Crippen molar-refractivity contribution < 1.29 is 60.4 Å². The van der Waals surface area contributed by atoms with Crippen molar-refractivity contribution in [1.82, 2.24) is 14.5 Å². The molecule has 0 aliphatic heterocycles.